The van der Waals surface area contributed by atoms with Crippen LogP contribution in [0.1, 0.15) is 61.3 Å². The lowest BCUT2D eigenvalue weighted by atomic mass is 9.90. The number of carbonyl (C=O) groups excluding carboxylic acids is 1. The number of ether oxygens (including phenoxy) is 1. The van der Waals surface area contributed by atoms with Gasteiger partial charge in [0, 0.05) is 11.5 Å². The normalized spacial score (nSPS) is 23.9. The van der Waals surface area contributed by atoms with Crippen molar-refractivity contribution in [2.45, 2.75) is 73.0 Å². The van der Waals surface area contributed by atoms with E-state index in [9.17, 15) is 4.79 Å². The largest absolute Gasteiger partial charge is 0.493 e. The Kier molecular flexibility index (Phi) is 4.70. The molecule has 0 spiro atoms. The average Bonchev–Trinajstić information content (AvgIpc) is 2.28. The lowest BCUT2D eigenvalue weighted by Gasteiger charge is -2.41. The zero-order valence-electron chi connectivity index (χ0n) is 13.5. The van der Waals surface area contributed by atoms with Crippen molar-refractivity contribution in [1.29, 1.82) is 0 Å². The second kappa shape index (κ2) is 5.56. The van der Waals surface area contributed by atoms with Crippen LogP contribution >= 0.6 is 0 Å². The van der Waals surface area contributed by atoms with Crippen LogP contribution in [0.25, 0.3) is 0 Å². The van der Waals surface area contributed by atoms with Gasteiger partial charge in [-0.25, -0.2) is 0 Å². The molecule has 0 saturated carbocycles. The fraction of sp³-hybridized carbons (Fsp3) is 0.812. The minimum absolute atomic E-state index is 0.193. The Hall–Kier alpha value is -0.990. The smallest absolute Gasteiger partial charge is 0.228 e. The van der Waals surface area contributed by atoms with Gasteiger partial charge >= 0.3 is 0 Å². The van der Waals surface area contributed by atoms with Gasteiger partial charge in [0.2, 0.25) is 5.91 Å². The van der Waals surface area contributed by atoms with Gasteiger partial charge in [-0.3, -0.25) is 4.79 Å². The SMILES string of the molecule is CC1=COC(C)(CN(C(=O)C(C)(C)C)C(C)C)CC1. The molecule has 1 aliphatic heterocycles. The first-order valence-electron chi connectivity index (χ1n) is 7.20. The van der Waals surface area contributed by atoms with E-state index in [2.05, 4.69) is 27.7 Å². The third-order valence-electron chi connectivity index (χ3n) is 3.62. The zero-order valence-corrected chi connectivity index (χ0v) is 13.5. The molecule has 0 aromatic carbocycles. The minimum Gasteiger partial charge on any atom is -0.493 e. The number of carbonyl (C=O) groups is 1. The summed E-state index contributed by atoms with van der Waals surface area (Å²) in [4.78, 5) is 14.5. The summed E-state index contributed by atoms with van der Waals surface area (Å²) in [5.74, 6) is 0.193. The van der Waals surface area contributed by atoms with Gasteiger partial charge in [0.25, 0.3) is 0 Å². The molecule has 1 aliphatic rings. The number of hydrogen-bond donors (Lipinski definition) is 0. The minimum atomic E-state index is -0.346. The summed E-state index contributed by atoms with van der Waals surface area (Å²) >= 11 is 0. The molecule has 0 radical (unpaired) electrons. The molecule has 1 heterocycles. The molecule has 19 heavy (non-hydrogen) atoms. The molecule has 1 atom stereocenters. The van der Waals surface area contributed by atoms with E-state index in [4.69, 9.17) is 4.74 Å². The summed E-state index contributed by atoms with van der Waals surface area (Å²) < 4.78 is 5.87. The highest BCUT2D eigenvalue weighted by atomic mass is 16.5. The van der Waals surface area contributed by atoms with Gasteiger partial charge in [0.1, 0.15) is 5.60 Å². The first kappa shape index (κ1) is 16.1. The van der Waals surface area contributed by atoms with Crippen LogP contribution in [0.3, 0.4) is 0 Å². The Bertz CT molecular complexity index is 365. The lowest BCUT2D eigenvalue weighted by molar-refractivity contribution is -0.145. The van der Waals surface area contributed by atoms with Crippen molar-refractivity contribution in [3.8, 4) is 0 Å². The highest BCUT2D eigenvalue weighted by Crippen LogP contribution is 2.30. The number of nitrogens with zero attached hydrogens (tertiary/aromatic N) is 1. The van der Waals surface area contributed by atoms with Crippen LogP contribution in [0, 0.1) is 5.41 Å². The van der Waals surface area contributed by atoms with E-state index < -0.39 is 0 Å². The molecular formula is C16H29NO2. The highest BCUT2D eigenvalue weighted by molar-refractivity contribution is 5.81. The summed E-state index contributed by atoms with van der Waals surface area (Å²) in [6.45, 7) is 14.9. The molecular weight excluding hydrogens is 238 g/mol. The maximum atomic E-state index is 12.5. The van der Waals surface area contributed by atoms with Gasteiger partial charge in [0.15, 0.2) is 0 Å². The summed E-state index contributed by atoms with van der Waals surface area (Å²) in [6.07, 6.45) is 3.87. The van der Waals surface area contributed by atoms with Gasteiger partial charge in [-0.2, -0.15) is 0 Å². The van der Waals surface area contributed by atoms with Crippen LogP contribution in [0.5, 0.6) is 0 Å². The molecule has 1 rings (SSSR count). The van der Waals surface area contributed by atoms with Gasteiger partial charge in [0.05, 0.1) is 12.8 Å². The van der Waals surface area contributed by atoms with Crippen molar-refractivity contribution in [1.82, 2.24) is 4.90 Å². The Labute approximate surface area is 118 Å². The Morgan fingerprint density at radius 1 is 1.47 bits per heavy atom. The van der Waals surface area contributed by atoms with Crippen LogP contribution < -0.4 is 0 Å². The lowest BCUT2D eigenvalue weighted by Crippen LogP contribution is -2.51. The standard InChI is InChI=1S/C16H29NO2/c1-12(2)17(14(18)15(4,5)6)11-16(7)9-8-13(3)10-19-16/h10,12H,8-9,11H2,1-7H3. The molecule has 1 unspecified atom stereocenters. The first-order valence-corrected chi connectivity index (χ1v) is 7.20. The second-order valence-corrected chi connectivity index (χ2v) is 7.31. The van der Waals surface area contributed by atoms with Crippen LogP contribution in [0.2, 0.25) is 0 Å². The van der Waals surface area contributed by atoms with E-state index in [0.717, 1.165) is 12.8 Å². The molecule has 0 fully saturated rings. The Morgan fingerprint density at radius 2 is 2.05 bits per heavy atom. The molecule has 1 amide bonds. The fourth-order valence-corrected chi connectivity index (χ4v) is 2.22. The van der Waals surface area contributed by atoms with Crippen molar-refractivity contribution in [3.05, 3.63) is 11.8 Å². The Morgan fingerprint density at radius 3 is 2.42 bits per heavy atom. The predicted molar refractivity (Wildman–Crippen MR) is 78.8 cm³/mol. The summed E-state index contributed by atoms with van der Waals surface area (Å²) in [5, 5.41) is 0. The second-order valence-electron chi connectivity index (χ2n) is 7.31. The Balaban J connectivity index is 2.83. The van der Waals surface area contributed by atoms with Crippen molar-refractivity contribution >= 4 is 5.91 Å². The van der Waals surface area contributed by atoms with E-state index >= 15 is 0 Å². The van der Waals surface area contributed by atoms with Crippen molar-refractivity contribution in [3.63, 3.8) is 0 Å². The maximum absolute atomic E-state index is 12.5. The van der Waals surface area contributed by atoms with Gasteiger partial charge in [-0.1, -0.05) is 20.8 Å². The van der Waals surface area contributed by atoms with Crippen molar-refractivity contribution in [2.75, 3.05) is 6.54 Å². The molecule has 0 bridgehead atoms. The molecule has 3 heteroatoms. The van der Waals surface area contributed by atoms with Crippen molar-refractivity contribution < 1.29 is 9.53 Å². The number of allylic oxidation sites excluding steroid dienone is 1. The molecule has 0 aromatic heterocycles. The van der Waals surface area contributed by atoms with Crippen molar-refractivity contribution in [2.24, 2.45) is 5.41 Å². The number of rotatable bonds is 3. The van der Waals surface area contributed by atoms with Crippen LogP contribution in [0.15, 0.2) is 11.8 Å². The fourth-order valence-electron chi connectivity index (χ4n) is 2.22. The number of hydrogen-bond acceptors (Lipinski definition) is 2. The molecule has 0 N–H and O–H groups in total. The predicted octanol–water partition coefficient (Wildman–Crippen LogP) is 3.74. The monoisotopic (exact) mass is 267 g/mol. The zero-order chi connectivity index (χ0) is 14.8. The third kappa shape index (κ3) is 4.26. The van der Waals surface area contributed by atoms with Crippen LogP contribution in [-0.4, -0.2) is 29.0 Å². The summed E-state index contributed by atoms with van der Waals surface area (Å²) in [5.41, 5.74) is 0.668. The van der Waals surface area contributed by atoms with Gasteiger partial charge in [-0.15, -0.1) is 0 Å². The van der Waals surface area contributed by atoms with E-state index in [1.165, 1.54) is 5.57 Å². The van der Waals surface area contributed by atoms with E-state index in [1.807, 2.05) is 31.9 Å². The average molecular weight is 267 g/mol. The molecule has 3 nitrogen and oxygen atoms in total. The van der Waals surface area contributed by atoms with Gasteiger partial charge < -0.3 is 9.64 Å². The summed E-state index contributed by atoms with van der Waals surface area (Å²) in [7, 11) is 0. The summed E-state index contributed by atoms with van der Waals surface area (Å²) in [6, 6.07) is 0.194. The van der Waals surface area contributed by atoms with Gasteiger partial charge in [-0.05, 0) is 46.1 Å². The third-order valence-corrected chi connectivity index (χ3v) is 3.62. The number of amides is 1. The van der Waals surface area contributed by atoms with Crippen LogP contribution in [-0.2, 0) is 9.53 Å². The van der Waals surface area contributed by atoms with E-state index in [-0.39, 0.29) is 23.0 Å². The molecule has 0 saturated heterocycles. The maximum Gasteiger partial charge on any atom is 0.228 e. The highest BCUT2D eigenvalue weighted by Gasteiger charge is 2.36. The quantitative estimate of drug-likeness (QED) is 0.779. The van der Waals surface area contributed by atoms with E-state index in [0.29, 0.717) is 6.54 Å². The first-order chi connectivity index (χ1) is 8.55. The van der Waals surface area contributed by atoms with E-state index in [1.54, 1.807) is 0 Å². The molecule has 0 aliphatic carbocycles. The molecule has 0 aromatic rings. The molecule has 110 valence electrons. The topological polar surface area (TPSA) is 29.5 Å². The van der Waals surface area contributed by atoms with Crippen LogP contribution in [0.4, 0.5) is 0 Å².